The van der Waals surface area contributed by atoms with Gasteiger partial charge in [-0.1, -0.05) is 53.7 Å². The van der Waals surface area contributed by atoms with E-state index >= 15 is 0 Å². The average Bonchev–Trinajstić information content (AvgIpc) is 3.15. The van der Waals surface area contributed by atoms with Crippen LogP contribution in [0.4, 0.5) is 0 Å². The van der Waals surface area contributed by atoms with Gasteiger partial charge in [-0.2, -0.15) is 0 Å². The number of hydrogen-bond donors (Lipinski definition) is 0. The second kappa shape index (κ2) is 14.9. The van der Waals surface area contributed by atoms with Crippen LogP contribution in [-0.2, 0) is 13.6 Å². The Balaban J connectivity index is 2.53. The van der Waals surface area contributed by atoms with Gasteiger partial charge >= 0.3 is 0 Å². The van der Waals surface area contributed by atoms with Crippen molar-refractivity contribution in [1.29, 1.82) is 0 Å². The van der Waals surface area contributed by atoms with E-state index in [1.54, 1.807) is 0 Å². The summed E-state index contributed by atoms with van der Waals surface area (Å²) in [5, 5.41) is 0. The molecule has 5 heteroatoms. The van der Waals surface area contributed by atoms with E-state index in [9.17, 15) is 0 Å². The molecule has 1 saturated heterocycles. The van der Waals surface area contributed by atoms with Gasteiger partial charge in [-0.05, 0) is 87.3 Å². The van der Waals surface area contributed by atoms with Crippen LogP contribution in [0.3, 0.4) is 0 Å². The number of hydrogen-bond acceptors (Lipinski definition) is 3. The van der Waals surface area contributed by atoms with Crippen molar-refractivity contribution in [2.24, 2.45) is 0 Å². The van der Waals surface area contributed by atoms with Crippen molar-refractivity contribution in [3.05, 3.63) is 24.3 Å². The van der Waals surface area contributed by atoms with Crippen LogP contribution < -0.4 is 0 Å². The van der Waals surface area contributed by atoms with Gasteiger partial charge in [-0.3, -0.25) is 0 Å². The Bertz CT molecular complexity index is 539. The van der Waals surface area contributed by atoms with Gasteiger partial charge in [-0.15, -0.1) is 6.58 Å². The lowest BCUT2D eigenvalue weighted by Gasteiger charge is -2.34. The summed E-state index contributed by atoms with van der Waals surface area (Å²) in [4.78, 5) is 0. The highest BCUT2D eigenvalue weighted by Gasteiger charge is 2.34. The molecule has 0 aromatic heterocycles. The predicted octanol–water partition coefficient (Wildman–Crippen LogP) is 8.64. The maximum Gasteiger partial charge on any atom is 0.192 e. The maximum absolute atomic E-state index is 6.84. The van der Waals surface area contributed by atoms with Crippen LogP contribution in [-0.4, -0.2) is 41.6 Å². The van der Waals surface area contributed by atoms with E-state index in [1.165, 1.54) is 47.4 Å². The van der Waals surface area contributed by atoms with Crippen LogP contribution in [0.25, 0.3) is 0 Å². The minimum atomic E-state index is -1.62. The van der Waals surface area contributed by atoms with E-state index in [2.05, 4.69) is 61.6 Å². The van der Waals surface area contributed by atoms with E-state index in [1.807, 2.05) is 0 Å². The molecular formula is C27H54O3Si2. The fraction of sp³-hybridized carbons (Fsp3) is 0.852. The highest BCUT2D eigenvalue weighted by Crippen LogP contribution is 2.33. The Morgan fingerprint density at radius 2 is 1.53 bits per heavy atom. The van der Waals surface area contributed by atoms with E-state index in [4.69, 9.17) is 13.6 Å². The number of ether oxygens (including phenoxy) is 1. The summed E-state index contributed by atoms with van der Waals surface area (Å²) in [6.45, 7) is 25.4. The molecule has 2 unspecified atom stereocenters. The summed E-state index contributed by atoms with van der Waals surface area (Å²) in [5.74, 6) is 0. The van der Waals surface area contributed by atoms with Crippen molar-refractivity contribution < 1.29 is 13.6 Å². The first-order valence-corrected chi connectivity index (χ1v) is 18.6. The van der Waals surface area contributed by atoms with Crippen LogP contribution in [0.5, 0.6) is 0 Å². The lowest BCUT2D eigenvalue weighted by molar-refractivity contribution is 0.0320. The minimum Gasteiger partial charge on any atom is -0.417 e. The first-order chi connectivity index (χ1) is 15.2. The molecule has 0 bridgehead atoms. The van der Waals surface area contributed by atoms with Crippen molar-refractivity contribution in [2.45, 2.75) is 142 Å². The molecule has 0 N–H and O–H groups in total. The van der Waals surface area contributed by atoms with Crippen LogP contribution in [0.15, 0.2) is 24.3 Å². The quantitative estimate of drug-likeness (QED) is 0.111. The molecule has 32 heavy (non-hydrogen) atoms. The van der Waals surface area contributed by atoms with Crippen LogP contribution in [0, 0.1) is 0 Å². The zero-order chi connectivity index (χ0) is 24.2. The second-order valence-corrected chi connectivity index (χ2v) is 19.6. The van der Waals surface area contributed by atoms with Crippen molar-refractivity contribution in [2.75, 3.05) is 6.61 Å². The van der Waals surface area contributed by atoms with Gasteiger partial charge in [0.2, 0.25) is 0 Å². The molecule has 0 spiro atoms. The third kappa shape index (κ3) is 9.21. The fourth-order valence-electron chi connectivity index (χ4n) is 5.18. The highest BCUT2D eigenvalue weighted by atomic mass is 28.4. The first kappa shape index (κ1) is 29.8. The molecule has 0 aromatic rings. The minimum absolute atomic E-state index is 0.188. The molecule has 1 aliphatic heterocycles. The molecule has 0 aliphatic carbocycles. The molecule has 0 aromatic carbocycles. The first-order valence-electron chi connectivity index (χ1n) is 13.5. The van der Waals surface area contributed by atoms with Gasteiger partial charge in [0.25, 0.3) is 0 Å². The normalized spacial score (nSPS) is 20.7. The summed E-state index contributed by atoms with van der Waals surface area (Å²) < 4.78 is 19.7. The van der Waals surface area contributed by atoms with Crippen molar-refractivity contribution in [3.63, 3.8) is 0 Å². The summed E-state index contributed by atoms with van der Waals surface area (Å²) >= 11 is 0. The van der Waals surface area contributed by atoms with Crippen LogP contribution >= 0.6 is 0 Å². The largest absolute Gasteiger partial charge is 0.417 e. The Labute approximate surface area is 202 Å². The van der Waals surface area contributed by atoms with Gasteiger partial charge in [0.15, 0.2) is 16.6 Å². The predicted molar refractivity (Wildman–Crippen MR) is 146 cm³/mol. The van der Waals surface area contributed by atoms with E-state index in [-0.39, 0.29) is 12.2 Å². The van der Waals surface area contributed by atoms with Gasteiger partial charge in [-0.25, -0.2) is 0 Å². The smallest absolute Gasteiger partial charge is 0.192 e. The SMILES string of the molecule is C=C(C)CC(CC[C@@H]1OC(CCCO[Si](CC)(CC)CC)CC1=C)O[Si](CC)(CC)CC. The zero-order valence-electron chi connectivity index (χ0n) is 22.6. The molecule has 0 radical (unpaired) electrons. The highest BCUT2D eigenvalue weighted by molar-refractivity contribution is 6.74. The van der Waals surface area contributed by atoms with Gasteiger partial charge in [0.1, 0.15) is 0 Å². The third-order valence-electron chi connectivity index (χ3n) is 7.99. The van der Waals surface area contributed by atoms with E-state index in [0.717, 1.165) is 45.1 Å². The van der Waals surface area contributed by atoms with Crippen molar-refractivity contribution >= 4 is 16.6 Å². The lowest BCUT2D eigenvalue weighted by Crippen LogP contribution is -2.40. The topological polar surface area (TPSA) is 27.7 Å². The summed E-state index contributed by atoms with van der Waals surface area (Å²) in [6, 6.07) is 7.27. The Kier molecular flexibility index (Phi) is 13.9. The molecule has 0 amide bonds. The Morgan fingerprint density at radius 3 is 2.03 bits per heavy atom. The van der Waals surface area contributed by atoms with Crippen LogP contribution in [0.2, 0.25) is 36.3 Å². The zero-order valence-corrected chi connectivity index (χ0v) is 24.6. The third-order valence-corrected chi connectivity index (χ3v) is 17.4. The van der Waals surface area contributed by atoms with Gasteiger partial charge in [0.05, 0.1) is 12.2 Å². The Hall–Kier alpha value is -0.206. The van der Waals surface area contributed by atoms with Gasteiger partial charge < -0.3 is 13.6 Å². The monoisotopic (exact) mass is 482 g/mol. The molecule has 3 atom stereocenters. The molecule has 3 nitrogen and oxygen atoms in total. The maximum atomic E-state index is 6.84. The molecule has 1 heterocycles. The molecular weight excluding hydrogens is 428 g/mol. The van der Waals surface area contributed by atoms with Gasteiger partial charge in [0, 0.05) is 12.7 Å². The second-order valence-electron chi connectivity index (χ2n) is 10.1. The van der Waals surface area contributed by atoms with Crippen molar-refractivity contribution in [3.8, 4) is 0 Å². The molecule has 188 valence electrons. The summed E-state index contributed by atoms with van der Waals surface area (Å²) in [7, 11) is -3.08. The van der Waals surface area contributed by atoms with E-state index in [0.29, 0.717) is 6.10 Å². The fourth-order valence-corrected chi connectivity index (χ4v) is 10.8. The lowest BCUT2D eigenvalue weighted by atomic mass is 10.00. The molecule has 0 saturated carbocycles. The standard InChI is InChI=1S/C27H54O3Si2/c1-10-31(11-2,12-3)28-20-16-17-25-22-24(9)27(29-25)19-18-26(21-23(7)8)30-32(13-4,14-5)15-6/h25-27H,7,9-22H2,1-6,8H3/t25?,26?,27-/m0/s1. The average molecular weight is 483 g/mol. The molecule has 1 aliphatic rings. The summed E-state index contributed by atoms with van der Waals surface area (Å²) in [5.41, 5.74) is 2.49. The molecule has 1 rings (SSSR count). The Morgan fingerprint density at radius 1 is 0.969 bits per heavy atom. The van der Waals surface area contributed by atoms with Crippen molar-refractivity contribution in [1.82, 2.24) is 0 Å². The van der Waals surface area contributed by atoms with E-state index < -0.39 is 16.6 Å². The molecule has 1 fully saturated rings. The van der Waals surface area contributed by atoms with Crippen LogP contribution in [0.1, 0.15) is 87.0 Å². The number of rotatable bonds is 18. The summed E-state index contributed by atoms with van der Waals surface area (Å²) in [6.07, 6.45) is 6.98.